The lowest BCUT2D eigenvalue weighted by Crippen LogP contribution is -2.26. The van der Waals surface area contributed by atoms with Gasteiger partial charge >= 0.3 is 0 Å². The Hall–Kier alpha value is -2.41. The molecule has 0 saturated heterocycles. The van der Waals surface area contributed by atoms with Crippen LogP contribution in [-0.2, 0) is 16.6 Å². The van der Waals surface area contributed by atoms with Gasteiger partial charge < -0.3 is 4.57 Å². The van der Waals surface area contributed by atoms with Gasteiger partial charge in [-0.15, -0.1) is 0 Å². The zero-order chi connectivity index (χ0) is 16.6. The van der Waals surface area contributed by atoms with Crippen molar-refractivity contribution in [3.63, 3.8) is 0 Å². The van der Waals surface area contributed by atoms with Crippen LogP contribution in [0.4, 0.5) is 5.69 Å². The lowest BCUT2D eigenvalue weighted by atomic mass is 10.2. The maximum absolute atomic E-state index is 11.8. The van der Waals surface area contributed by atoms with Crippen molar-refractivity contribution in [2.75, 3.05) is 17.6 Å². The molecular formula is C16H18N4O2S. The zero-order valence-corrected chi connectivity index (χ0v) is 14.1. The highest BCUT2D eigenvalue weighted by Crippen LogP contribution is 2.24. The fourth-order valence-corrected chi connectivity index (χ4v) is 3.03. The summed E-state index contributed by atoms with van der Waals surface area (Å²) in [5.41, 5.74) is 2.42. The molecule has 120 valence electrons. The molecule has 0 aliphatic heterocycles. The van der Waals surface area contributed by atoms with Crippen LogP contribution >= 0.6 is 0 Å². The first-order valence-corrected chi connectivity index (χ1v) is 9.01. The largest absolute Gasteiger partial charge is 0.328 e. The van der Waals surface area contributed by atoms with Crippen molar-refractivity contribution in [2.24, 2.45) is 0 Å². The van der Waals surface area contributed by atoms with Crippen LogP contribution in [0.5, 0.6) is 0 Å². The third-order valence-corrected chi connectivity index (χ3v) is 4.98. The highest BCUT2D eigenvalue weighted by molar-refractivity contribution is 7.92. The van der Waals surface area contributed by atoms with Crippen molar-refractivity contribution < 1.29 is 8.42 Å². The monoisotopic (exact) mass is 330 g/mol. The smallest absolute Gasteiger partial charge is 0.232 e. The van der Waals surface area contributed by atoms with Gasteiger partial charge in [-0.3, -0.25) is 4.31 Å². The number of benzene rings is 1. The third-order valence-electron chi connectivity index (χ3n) is 3.79. The number of nitrogens with zero attached hydrogens (tertiary/aromatic N) is 4. The van der Waals surface area contributed by atoms with Crippen LogP contribution in [0.1, 0.15) is 11.4 Å². The van der Waals surface area contributed by atoms with E-state index in [0.717, 1.165) is 16.6 Å². The Morgan fingerprint density at radius 1 is 1.22 bits per heavy atom. The summed E-state index contributed by atoms with van der Waals surface area (Å²) >= 11 is 0. The van der Waals surface area contributed by atoms with Gasteiger partial charge in [-0.1, -0.05) is 18.2 Å². The summed E-state index contributed by atoms with van der Waals surface area (Å²) in [6.07, 6.45) is 4.93. The molecule has 0 aliphatic rings. The summed E-state index contributed by atoms with van der Waals surface area (Å²) in [6.45, 7) is 2.39. The first-order chi connectivity index (χ1) is 10.9. The molecule has 2 heterocycles. The van der Waals surface area contributed by atoms with Crippen LogP contribution in [0.3, 0.4) is 0 Å². The van der Waals surface area contributed by atoms with E-state index in [2.05, 4.69) is 9.97 Å². The van der Waals surface area contributed by atoms with Gasteiger partial charge in [0, 0.05) is 24.8 Å². The van der Waals surface area contributed by atoms with E-state index in [4.69, 9.17) is 0 Å². The Morgan fingerprint density at radius 2 is 1.96 bits per heavy atom. The fourth-order valence-electron chi connectivity index (χ4n) is 2.50. The Balaban J connectivity index is 2.05. The molecule has 6 nitrogen and oxygen atoms in total. The molecule has 0 saturated carbocycles. The molecule has 0 amide bonds. The summed E-state index contributed by atoms with van der Waals surface area (Å²) in [6, 6.07) is 9.43. The van der Waals surface area contributed by atoms with Gasteiger partial charge in [0.2, 0.25) is 10.0 Å². The van der Waals surface area contributed by atoms with E-state index in [-0.39, 0.29) is 0 Å². The lowest BCUT2D eigenvalue weighted by Gasteiger charge is -2.20. The minimum absolute atomic E-state index is 0.538. The van der Waals surface area contributed by atoms with E-state index in [1.807, 2.05) is 48.0 Å². The SMILES string of the molecule is Cc1ncc2ccn(Cc3ccccc3N(C)S(C)(=O)=O)c2n1. The van der Waals surface area contributed by atoms with E-state index in [9.17, 15) is 8.42 Å². The molecule has 0 unspecified atom stereocenters. The molecule has 1 aromatic carbocycles. The predicted octanol–water partition coefficient (Wildman–Crippen LogP) is 2.18. The maximum atomic E-state index is 11.8. The second-order valence-corrected chi connectivity index (χ2v) is 7.51. The van der Waals surface area contributed by atoms with Crippen molar-refractivity contribution in [3.05, 3.63) is 54.1 Å². The average Bonchev–Trinajstić information content (AvgIpc) is 2.88. The van der Waals surface area contributed by atoms with Gasteiger partial charge in [0.25, 0.3) is 0 Å². The number of rotatable bonds is 4. The normalized spacial score (nSPS) is 11.8. The van der Waals surface area contributed by atoms with Gasteiger partial charge in [-0.2, -0.15) is 0 Å². The van der Waals surface area contributed by atoms with Crippen LogP contribution in [0.2, 0.25) is 0 Å². The van der Waals surface area contributed by atoms with Gasteiger partial charge in [0.15, 0.2) is 0 Å². The summed E-state index contributed by atoms with van der Waals surface area (Å²) in [4.78, 5) is 8.67. The molecule has 0 radical (unpaired) electrons. The first-order valence-electron chi connectivity index (χ1n) is 7.16. The summed E-state index contributed by atoms with van der Waals surface area (Å²) < 4.78 is 27.0. The molecular weight excluding hydrogens is 312 g/mol. The molecule has 7 heteroatoms. The Kier molecular flexibility index (Phi) is 3.81. The van der Waals surface area contributed by atoms with Crippen molar-refractivity contribution in [2.45, 2.75) is 13.5 Å². The minimum atomic E-state index is -3.31. The number of hydrogen-bond donors (Lipinski definition) is 0. The van der Waals surface area contributed by atoms with Crippen molar-refractivity contribution in [1.29, 1.82) is 0 Å². The first kappa shape index (κ1) is 15.5. The Labute approximate surface area is 135 Å². The fraction of sp³-hybridized carbons (Fsp3) is 0.250. The van der Waals surface area contributed by atoms with E-state index in [1.165, 1.54) is 10.6 Å². The third kappa shape index (κ3) is 3.05. The minimum Gasteiger partial charge on any atom is -0.328 e. The molecule has 0 atom stereocenters. The topological polar surface area (TPSA) is 68.1 Å². The van der Waals surface area contributed by atoms with Crippen LogP contribution in [-0.4, -0.2) is 36.3 Å². The Bertz CT molecular complexity index is 963. The van der Waals surface area contributed by atoms with Gasteiger partial charge in [-0.05, 0) is 24.6 Å². The van der Waals surface area contributed by atoms with Crippen molar-refractivity contribution in [3.8, 4) is 0 Å². The van der Waals surface area contributed by atoms with E-state index in [0.29, 0.717) is 18.1 Å². The number of para-hydroxylation sites is 1. The highest BCUT2D eigenvalue weighted by Gasteiger charge is 2.16. The summed E-state index contributed by atoms with van der Waals surface area (Å²) in [7, 11) is -1.74. The predicted molar refractivity (Wildman–Crippen MR) is 91.1 cm³/mol. The second kappa shape index (κ2) is 5.66. The van der Waals surface area contributed by atoms with E-state index < -0.39 is 10.0 Å². The van der Waals surface area contributed by atoms with E-state index in [1.54, 1.807) is 13.2 Å². The standard InChI is InChI=1S/C16H18N4O2S/c1-12-17-10-13-8-9-20(16(13)18-12)11-14-6-4-5-7-15(14)19(2)23(3,21)22/h4-10H,11H2,1-3H3. The van der Waals surface area contributed by atoms with Crippen LogP contribution in [0, 0.1) is 6.92 Å². The molecule has 3 aromatic rings. The highest BCUT2D eigenvalue weighted by atomic mass is 32.2. The van der Waals surface area contributed by atoms with Crippen molar-refractivity contribution in [1.82, 2.24) is 14.5 Å². The molecule has 3 rings (SSSR count). The van der Waals surface area contributed by atoms with Crippen LogP contribution in [0.25, 0.3) is 11.0 Å². The molecule has 0 N–H and O–H groups in total. The number of hydrogen-bond acceptors (Lipinski definition) is 4. The van der Waals surface area contributed by atoms with Gasteiger partial charge in [-0.25, -0.2) is 18.4 Å². The van der Waals surface area contributed by atoms with Crippen molar-refractivity contribution >= 4 is 26.7 Å². The lowest BCUT2D eigenvalue weighted by molar-refractivity contribution is 0.600. The number of sulfonamides is 1. The zero-order valence-electron chi connectivity index (χ0n) is 13.3. The molecule has 0 spiro atoms. The molecule has 0 fully saturated rings. The number of anilines is 1. The molecule has 2 aromatic heterocycles. The van der Waals surface area contributed by atoms with Gasteiger partial charge in [0.1, 0.15) is 11.5 Å². The number of fused-ring (bicyclic) bond motifs is 1. The van der Waals surface area contributed by atoms with E-state index >= 15 is 0 Å². The summed E-state index contributed by atoms with van der Waals surface area (Å²) in [5.74, 6) is 0.707. The molecule has 23 heavy (non-hydrogen) atoms. The van der Waals surface area contributed by atoms with Crippen LogP contribution < -0.4 is 4.31 Å². The number of aromatic nitrogens is 3. The van der Waals surface area contributed by atoms with Gasteiger partial charge in [0.05, 0.1) is 18.5 Å². The maximum Gasteiger partial charge on any atom is 0.232 e. The average molecular weight is 330 g/mol. The van der Waals surface area contributed by atoms with Crippen LogP contribution in [0.15, 0.2) is 42.7 Å². The second-order valence-electron chi connectivity index (χ2n) is 5.50. The Morgan fingerprint density at radius 3 is 2.70 bits per heavy atom. The molecule has 0 aliphatic carbocycles. The number of aryl methyl sites for hydroxylation is 1. The quantitative estimate of drug-likeness (QED) is 0.735. The summed E-state index contributed by atoms with van der Waals surface area (Å²) in [5, 5.41) is 0.963. The molecule has 0 bridgehead atoms.